The fraction of sp³-hybridized carbons (Fsp3) is 0. The molecule has 0 aliphatic carbocycles. The minimum atomic E-state index is 0.0111. The molecule has 0 atom stereocenters. The Bertz CT molecular complexity index is 233. The number of aliphatic hydroxyl groups is 1. The summed E-state index contributed by atoms with van der Waals surface area (Å²) in [5, 5.41) is 10.5. The average Bonchev–Trinajstić information content (AvgIpc) is 2.14. The molecule has 0 aromatic carbocycles. The summed E-state index contributed by atoms with van der Waals surface area (Å²) in [7, 11) is 0. The summed E-state index contributed by atoms with van der Waals surface area (Å²) < 4.78 is 0.757. The number of rotatable bonds is 1. The van der Waals surface area contributed by atoms with Crippen LogP contribution in [0.15, 0.2) is 15.9 Å². The van der Waals surface area contributed by atoms with Crippen LogP contribution in [-0.2, 0) is 0 Å². The number of aliphatic hydroxyl groups excluding tert-OH is 1. The minimum Gasteiger partial charge on any atom is -0.506 e. The van der Waals surface area contributed by atoms with Gasteiger partial charge in [0.1, 0.15) is 11.5 Å². The molecule has 0 bridgehead atoms. The Morgan fingerprint density at radius 3 is 2.78 bits per heavy atom. The number of thiazole rings is 1. The lowest BCUT2D eigenvalue weighted by atomic mass is 10.4. The van der Waals surface area contributed by atoms with Crippen LogP contribution in [0.25, 0.3) is 5.76 Å². The van der Waals surface area contributed by atoms with E-state index in [2.05, 4.69) is 27.5 Å². The van der Waals surface area contributed by atoms with Crippen LogP contribution in [0.5, 0.6) is 0 Å². The van der Waals surface area contributed by atoms with E-state index < -0.39 is 0 Å². The van der Waals surface area contributed by atoms with E-state index in [4.69, 9.17) is 5.11 Å². The highest BCUT2D eigenvalue weighted by Crippen LogP contribution is 2.18. The van der Waals surface area contributed by atoms with E-state index in [0.717, 1.165) is 3.92 Å². The lowest BCUT2D eigenvalue weighted by Gasteiger charge is -1.85. The van der Waals surface area contributed by atoms with Crippen LogP contribution in [0.2, 0.25) is 0 Å². The van der Waals surface area contributed by atoms with Crippen molar-refractivity contribution in [3.8, 4) is 0 Å². The highest BCUT2D eigenvalue weighted by Gasteiger charge is 1.99. The number of aromatic nitrogens is 1. The molecule has 0 saturated carbocycles. The Balaban J connectivity index is 2.98. The van der Waals surface area contributed by atoms with Crippen molar-refractivity contribution >= 4 is 33.0 Å². The summed E-state index contributed by atoms with van der Waals surface area (Å²) >= 11 is 4.57. The third-order valence-electron chi connectivity index (χ3n) is 0.772. The molecule has 1 heterocycles. The molecule has 0 amide bonds. The standard InChI is InChI=1S/C5H4BrNOS/c1-3(8)4-2-9-5(6)7-4/h2,8H,1H2. The van der Waals surface area contributed by atoms with Crippen molar-refractivity contribution in [2.75, 3.05) is 0 Å². The van der Waals surface area contributed by atoms with E-state index in [-0.39, 0.29) is 5.76 Å². The maximum absolute atomic E-state index is 8.77. The Hall–Kier alpha value is -0.350. The van der Waals surface area contributed by atoms with Gasteiger partial charge in [-0.25, -0.2) is 4.98 Å². The van der Waals surface area contributed by atoms with Crippen molar-refractivity contribution in [1.82, 2.24) is 4.98 Å². The van der Waals surface area contributed by atoms with Gasteiger partial charge in [-0.3, -0.25) is 0 Å². The summed E-state index contributed by atoms with van der Waals surface area (Å²) in [6.45, 7) is 3.32. The molecule has 0 saturated heterocycles. The zero-order valence-corrected chi connectivity index (χ0v) is 6.87. The topological polar surface area (TPSA) is 33.1 Å². The number of hydrogen-bond donors (Lipinski definition) is 1. The molecule has 0 fully saturated rings. The molecule has 0 radical (unpaired) electrons. The molecule has 0 unspecified atom stereocenters. The normalized spacial score (nSPS) is 9.44. The van der Waals surface area contributed by atoms with E-state index in [0.29, 0.717) is 5.69 Å². The van der Waals surface area contributed by atoms with Crippen LogP contribution in [0, 0.1) is 0 Å². The second kappa shape index (κ2) is 2.49. The Morgan fingerprint density at radius 1 is 1.89 bits per heavy atom. The first-order valence-electron chi connectivity index (χ1n) is 2.19. The summed E-state index contributed by atoms with van der Waals surface area (Å²) in [6, 6.07) is 0. The Kier molecular flexibility index (Phi) is 1.87. The lowest BCUT2D eigenvalue weighted by Crippen LogP contribution is -1.77. The van der Waals surface area contributed by atoms with Gasteiger partial charge in [0.25, 0.3) is 0 Å². The Labute approximate surface area is 65.0 Å². The van der Waals surface area contributed by atoms with E-state index >= 15 is 0 Å². The van der Waals surface area contributed by atoms with Crippen molar-refractivity contribution in [3.05, 3.63) is 21.6 Å². The predicted molar refractivity (Wildman–Crippen MR) is 41.5 cm³/mol. The first kappa shape index (κ1) is 6.77. The van der Waals surface area contributed by atoms with Gasteiger partial charge in [0.15, 0.2) is 3.92 Å². The average molecular weight is 206 g/mol. The molecular formula is C5H4BrNOS. The molecule has 1 aromatic heterocycles. The molecular weight excluding hydrogens is 202 g/mol. The zero-order chi connectivity index (χ0) is 6.85. The first-order valence-corrected chi connectivity index (χ1v) is 3.86. The molecule has 0 aliphatic rings. The summed E-state index contributed by atoms with van der Waals surface area (Å²) in [5.74, 6) is 0.0111. The highest BCUT2D eigenvalue weighted by atomic mass is 79.9. The second-order valence-corrected chi connectivity index (χ2v) is 3.57. The number of hydrogen-bond acceptors (Lipinski definition) is 3. The monoisotopic (exact) mass is 205 g/mol. The van der Waals surface area contributed by atoms with E-state index in [1.807, 2.05) is 0 Å². The minimum absolute atomic E-state index is 0.0111. The molecule has 4 heteroatoms. The van der Waals surface area contributed by atoms with Crippen LogP contribution in [0.3, 0.4) is 0 Å². The molecule has 48 valence electrons. The quantitative estimate of drug-likeness (QED) is 0.715. The van der Waals surface area contributed by atoms with Crippen LogP contribution < -0.4 is 0 Å². The van der Waals surface area contributed by atoms with Crippen LogP contribution >= 0.6 is 27.3 Å². The van der Waals surface area contributed by atoms with E-state index in [9.17, 15) is 0 Å². The second-order valence-electron chi connectivity index (χ2n) is 1.43. The van der Waals surface area contributed by atoms with Crippen molar-refractivity contribution in [2.24, 2.45) is 0 Å². The maximum atomic E-state index is 8.77. The molecule has 1 N–H and O–H groups in total. The molecule has 2 nitrogen and oxygen atoms in total. The molecule has 0 aliphatic heterocycles. The Morgan fingerprint density at radius 2 is 2.56 bits per heavy atom. The summed E-state index contributed by atoms with van der Waals surface area (Å²) in [5.41, 5.74) is 0.534. The van der Waals surface area contributed by atoms with Crippen molar-refractivity contribution in [3.63, 3.8) is 0 Å². The molecule has 1 rings (SSSR count). The van der Waals surface area contributed by atoms with Gasteiger partial charge in [-0.2, -0.15) is 0 Å². The largest absolute Gasteiger partial charge is 0.506 e. The van der Waals surface area contributed by atoms with E-state index in [1.165, 1.54) is 11.3 Å². The predicted octanol–water partition coefficient (Wildman–Crippen LogP) is 2.43. The van der Waals surface area contributed by atoms with Gasteiger partial charge < -0.3 is 5.11 Å². The van der Waals surface area contributed by atoms with Crippen molar-refractivity contribution in [2.45, 2.75) is 0 Å². The maximum Gasteiger partial charge on any atom is 0.159 e. The SMILES string of the molecule is C=C(O)c1csc(Br)n1. The fourth-order valence-electron chi connectivity index (χ4n) is 0.384. The van der Waals surface area contributed by atoms with Gasteiger partial charge in [-0.15, -0.1) is 11.3 Å². The van der Waals surface area contributed by atoms with Gasteiger partial charge in [0.05, 0.1) is 0 Å². The summed E-state index contributed by atoms with van der Waals surface area (Å²) in [6.07, 6.45) is 0. The van der Waals surface area contributed by atoms with Crippen molar-refractivity contribution < 1.29 is 5.11 Å². The number of nitrogens with zero attached hydrogens (tertiary/aromatic N) is 1. The molecule has 1 aromatic rings. The zero-order valence-electron chi connectivity index (χ0n) is 4.47. The van der Waals surface area contributed by atoms with Crippen LogP contribution in [0.4, 0.5) is 0 Å². The van der Waals surface area contributed by atoms with Gasteiger partial charge >= 0.3 is 0 Å². The highest BCUT2D eigenvalue weighted by molar-refractivity contribution is 9.11. The van der Waals surface area contributed by atoms with Crippen molar-refractivity contribution in [1.29, 1.82) is 0 Å². The number of halogens is 1. The first-order chi connectivity index (χ1) is 4.20. The van der Waals surface area contributed by atoms with Gasteiger partial charge in [0, 0.05) is 5.38 Å². The smallest absolute Gasteiger partial charge is 0.159 e. The van der Waals surface area contributed by atoms with Crippen LogP contribution in [0.1, 0.15) is 5.69 Å². The third-order valence-corrected chi connectivity index (χ3v) is 2.14. The van der Waals surface area contributed by atoms with E-state index in [1.54, 1.807) is 5.38 Å². The molecule has 0 spiro atoms. The van der Waals surface area contributed by atoms with Crippen LogP contribution in [-0.4, -0.2) is 10.1 Å². The van der Waals surface area contributed by atoms with Gasteiger partial charge in [-0.1, -0.05) is 6.58 Å². The summed E-state index contributed by atoms with van der Waals surface area (Å²) in [4.78, 5) is 3.90. The van der Waals surface area contributed by atoms with Gasteiger partial charge in [0.2, 0.25) is 0 Å². The molecule has 9 heavy (non-hydrogen) atoms. The lowest BCUT2D eigenvalue weighted by molar-refractivity contribution is 0.511. The van der Waals surface area contributed by atoms with Gasteiger partial charge in [-0.05, 0) is 15.9 Å². The third kappa shape index (κ3) is 1.53. The fourth-order valence-corrected chi connectivity index (χ4v) is 1.40.